The number of rotatable bonds is 7. The zero-order valence-corrected chi connectivity index (χ0v) is 17.7. The molecule has 3 aromatic heterocycles. The topological polar surface area (TPSA) is 96.2 Å². The van der Waals surface area contributed by atoms with E-state index < -0.39 is 5.97 Å². The maximum atomic E-state index is 12.4. The molecule has 168 valence electrons. The average molecular weight is 437 g/mol. The number of carbonyl (C=O) groups is 1. The quantitative estimate of drug-likeness (QED) is 0.524. The second-order valence-corrected chi connectivity index (χ2v) is 7.77. The monoisotopic (exact) mass is 436 g/mol. The third kappa shape index (κ3) is 5.19. The van der Waals surface area contributed by atoms with E-state index in [1.54, 1.807) is 25.4 Å². The molecule has 32 heavy (non-hydrogen) atoms. The molecule has 2 atom stereocenters. The van der Waals surface area contributed by atoms with Crippen molar-refractivity contribution in [2.45, 2.75) is 40.2 Å². The number of aryl methyl sites for hydroxylation is 2. The number of methoxy groups -OCH3 is 1. The lowest BCUT2D eigenvalue weighted by Gasteiger charge is -2.12. The zero-order chi connectivity index (χ0) is 22.0. The van der Waals surface area contributed by atoms with Gasteiger partial charge in [-0.2, -0.15) is 4.98 Å². The van der Waals surface area contributed by atoms with E-state index in [0.29, 0.717) is 41.3 Å². The second kappa shape index (κ2) is 9.72. The zero-order valence-electron chi connectivity index (χ0n) is 17.7. The van der Waals surface area contributed by atoms with Crippen molar-refractivity contribution in [3.63, 3.8) is 0 Å². The highest BCUT2D eigenvalue weighted by Gasteiger charge is 2.40. The molecular weight excluding hydrogens is 408 g/mol. The van der Waals surface area contributed by atoms with Crippen LogP contribution in [-0.2, 0) is 16.1 Å². The molecule has 1 aliphatic carbocycles. The van der Waals surface area contributed by atoms with Gasteiger partial charge in [-0.15, -0.1) is 0 Å². The van der Waals surface area contributed by atoms with Gasteiger partial charge in [0.1, 0.15) is 12.4 Å². The summed E-state index contributed by atoms with van der Waals surface area (Å²) in [6, 6.07) is 7.33. The molecule has 2 unspecified atom stereocenters. The van der Waals surface area contributed by atoms with Gasteiger partial charge in [0.25, 0.3) is 5.56 Å². The Morgan fingerprint density at radius 3 is 2.69 bits per heavy atom. The van der Waals surface area contributed by atoms with Crippen molar-refractivity contribution < 1.29 is 14.3 Å². The van der Waals surface area contributed by atoms with Crippen LogP contribution in [-0.4, -0.2) is 39.2 Å². The van der Waals surface area contributed by atoms with Crippen LogP contribution >= 0.6 is 0 Å². The highest BCUT2D eigenvalue weighted by atomic mass is 16.5. The number of ether oxygens (including phenoxy) is 2. The normalized spacial score (nSPS) is 16.7. The number of nitrogens with zero attached hydrogens (tertiary/aromatic N) is 4. The largest absolute Gasteiger partial charge is 0.477 e. The molecule has 0 bridgehead atoms. The van der Waals surface area contributed by atoms with Crippen molar-refractivity contribution in [1.29, 1.82) is 0 Å². The molecule has 1 saturated carbocycles. The molecule has 1 aliphatic rings. The van der Waals surface area contributed by atoms with Crippen molar-refractivity contribution in [2.24, 2.45) is 5.92 Å². The van der Waals surface area contributed by atoms with E-state index in [0.717, 1.165) is 17.7 Å². The summed E-state index contributed by atoms with van der Waals surface area (Å²) < 4.78 is 12.0. The Morgan fingerprint density at radius 1 is 1.19 bits per heavy atom. The van der Waals surface area contributed by atoms with Gasteiger partial charge in [0.2, 0.25) is 5.88 Å². The van der Waals surface area contributed by atoms with Crippen LogP contribution in [0.25, 0.3) is 11.1 Å². The van der Waals surface area contributed by atoms with E-state index in [2.05, 4.69) is 31.8 Å². The van der Waals surface area contributed by atoms with Crippen molar-refractivity contribution in [3.8, 4) is 17.0 Å². The molecule has 3 heterocycles. The van der Waals surface area contributed by atoms with Gasteiger partial charge in [-0.05, 0) is 43.5 Å². The summed E-state index contributed by atoms with van der Waals surface area (Å²) in [5.41, 5.74) is 3.19. The number of esters is 1. The average Bonchev–Trinajstić information content (AvgIpc) is 3.54. The minimum Gasteiger partial charge on any atom is -0.477 e. The molecule has 0 aromatic carbocycles. The summed E-state index contributed by atoms with van der Waals surface area (Å²) in [5, 5.41) is 0. The van der Waals surface area contributed by atoms with Crippen molar-refractivity contribution in [3.05, 3.63) is 70.3 Å². The SMILES string of the molecule is C.COC(=O)Cn1ccc(-c2cnc(C)nc2OCC2CC2c2ccc(C)cn2)cc1=O. The van der Waals surface area contributed by atoms with Crippen LogP contribution < -0.4 is 10.3 Å². The lowest BCUT2D eigenvalue weighted by atomic mass is 10.1. The Kier molecular flexibility index (Phi) is 7.02. The predicted octanol–water partition coefficient (Wildman–Crippen LogP) is 3.31. The third-order valence-corrected chi connectivity index (χ3v) is 5.38. The fourth-order valence-electron chi connectivity index (χ4n) is 3.45. The minimum absolute atomic E-state index is 0. The molecule has 1 fully saturated rings. The summed E-state index contributed by atoms with van der Waals surface area (Å²) in [5.74, 6) is 1.32. The summed E-state index contributed by atoms with van der Waals surface area (Å²) in [6.07, 6.45) is 6.13. The molecular formula is C24H28N4O4. The molecule has 3 aromatic rings. The van der Waals surface area contributed by atoms with Gasteiger partial charge in [0, 0.05) is 42.2 Å². The van der Waals surface area contributed by atoms with Gasteiger partial charge in [-0.3, -0.25) is 14.6 Å². The Bertz CT molecular complexity index is 1160. The van der Waals surface area contributed by atoms with E-state index in [-0.39, 0.29) is 19.5 Å². The summed E-state index contributed by atoms with van der Waals surface area (Å²) in [6.45, 7) is 4.20. The summed E-state index contributed by atoms with van der Waals surface area (Å²) in [7, 11) is 1.29. The van der Waals surface area contributed by atoms with Gasteiger partial charge in [0.15, 0.2) is 0 Å². The fraction of sp³-hybridized carbons (Fsp3) is 0.375. The van der Waals surface area contributed by atoms with E-state index >= 15 is 0 Å². The summed E-state index contributed by atoms with van der Waals surface area (Å²) >= 11 is 0. The first-order chi connectivity index (χ1) is 14.9. The van der Waals surface area contributed by atoms with Gasteiger partial charge >= 0.3 is 5.97 Å². The van der Waals surface area contributed by atoms with Crippen LogP contribution in [0.5, 0.6) is 5.88 Å². The first-order valence-electron chi connectivity index (χ1n) is 10.1. The van der Waals surface area contributed by atoms with Crippen molar-refractivity contribution >= 4 is 5.97 Å². The first-order valence-corrected chi connectivity index (χ1v) is 10.1. The maximum Gasteiger partial charge on any atom is 0.325 e. The van der Waals surface area contributed by atoms with Crippen LogP contribution in [0.1, 0.15) is 36.8 Å². The number of pyridine rings is 2. The fourth-order valence-corrected chi connectivity index (χ4v) is 3.45. The lowest BCUT2D eigenvalue weighted by molar-refractivity contribution is -0.141. The molecule has 0 N–H and O–H groups in total. The van der Waals surface area contributed by atoms with E-state index in [9.17, 15) is 9.59 Å². The van der Waals surface area contributed by atoms with Gasteiger partial charge in [0.05, 0.1) is 19.3 Å². The molecule has 8 nitrogen and oxygen atoms in total. The number of carbonyl (C=O) groups excluding carboxylic acids is 1. The lowest BCUT2D eigenvalue weighted by Crippen LogP contribution is -2.23. The Balaban J connectivity index is 0.00000289. The smallest absolute Gasteiger partial charge is 0.325 e. The predicted molar refractivity (Wildman–Crippen MR) is 121 cm³/mol. The maximum absolute atomic E-state index is 12.4. The highest BCUT2D eigenvalue weighted by molar-refractivity contribution is 5.70. The highest BCUT2D eigenvalue weighted by Crippen LogP contribution is 2.47. The molecule has 8 heteroatoms. The van der Waals surface area contributed by atoms with Crippen LogP contribution in [0, 0.1) is 19.8 Å². The van der Waals surface area contributed by atoms with Crippen LogP contribution in [0.15, 0.2) is 47.7 Å². The van der Waals surface area contributed by atoms with Gasteiger partial charge < -0.3 is 14.0 Å². The van der Waals surface area contributed by atoms with E-state index in [4.69, 9.17) is 4.74 Å². The van der Waals surface area contributed by atoms with Crippen LogP contribution in [0.3, 0.4) is 0 Å². The van der Waals surface area contributed by atoms with Gasteiger partial charge in [-0.1, -0.05) is 13.5 Å². The Labute approximate surface area is 187 Å². The number of aromatic nitrogens is 4. The molecule has 0 aliphatic heterocycles. The Hall–Kier alpha value is -3.55. The van der Waals surface area contributed by atoms with Crippen LogP contribution in [0.4, 0.5) is 0 Å². The van der Waals surface area contributed by atoms with E-state index in [1.165, 1.54) is 17.7 Å². The van der Waals surface area contributed by atoms with Crippen LogP contribution in [0.2, 0.25) is 0 Å². The molecule has 0 amide bonds. The standard InChI is InChI=1S/C23H24N4O4.CH4/c1-14-4-5-20(25-10-14)18-8-17(18)13-31-23-19(11-24-15(2)26-23)16-6-7-27(21(28)9-16)12-22(29)30-3;/h4-7,9-11,17-18H,8,12-13H2,1-3H3;1H4. The molecule has 0 spiro atoms. The van der Waals surface area contributed by atoms with Crippen molar-refractivity contribution in [2.75, 3.05) is 13.7 Å². The van der Waals surface area contributed by atoms with Gasteiger partial charge in [-0.25, -0.2) is 4.98 Å². The Morgan fingerprint density at radius 2 is 2.00 bits per heavy atom. The van der Waals surface area contributed by atoms with Crippen molar-refractivity contribution in [1.82, 2.24) is 19.5 Å². The minimum atomic E-state index is -0.486. The first kappa shape index (κ1) is 23.1. The molecule has 0 radical (unpaired) electrons. The molecule has 4 rings (SSSR count). The number of hydrogen-bond donors (Lipinski definition) is 0. The third-order valence-electron chi connectivity index (χ3n) is 5.38. The summed E-state index contributed by atoms with van der Waals surface area (Å²) in [4.78, 5) is 37.1. The molecule has 0 saturated heterocycles. The van der Waals surface area contributed by atoms with E-state index in [1.807, 2.05) is 13.1 Å². The second-order valence-electron chi connectivity index (χ2n) is 7.77. The number of hydrogen-bond acceptors (Lipinski definition) is 7.